The minimum absolute atomic E-state index is 0.0219. The lowest BCUT2D eigenvalue weighted by Crippen LogP contribution is -2.45. The Hall–Kier alpha value is -4.06. The Morgan fingerprint density at radius 2 is 1.80 bits per heavy atom. The Balaban J connectivity index is 1.62. The Morgan fingerprint density at radius 1 is 1.10 bits per heavy atom. The van der Waals surface area contributed by atoms with Crippen molar-refractivity contribution in [1.29, 1.82) is 0 Å². The molecule has 2 aromatic carbocycles. The van der Waals surface area contributed by atoms with Gasteiger partial charge in [0, 0.05) is 42.6 Å². The van der Waals surface area contributed by atoms with Crippen molar-refractivity contribution in [3.05, 3.63) is 70.9 Å². The molecule has 274 valence electrons. The molecule has 9 nitrogen and oxygen atoms in total. The van der Waals surface area contributed by atoms with E-state index in [4.69, 9.17) is 19.2 Å². The molecule has 7 rings (SSSR count). The number of pyridine rings is 1. The van der Waals surface area contributed by atoms with E-state index in [9.17, 15) is 19.4 Å². The summed E-state index contributed by atoms with van der Waals surface area (Å²) in [6.07, 6.45) is 3.01. The number of carbonyl (C=O) groups is 1. The monoisotopic (exact) mass is 705 g/mol. The van der Waals surface area contributed by atoms with E-state index < -0.39 is 35.4 Å². The smallest absolute Gasteiger partial charge is 0.337 e. The number of piperidine rings is 1. The van der Waals surface area contributed by atoms with Crippen molar-refractivity contribution in [2.75, 3.05) is 24.6 Å². The van der Waals surface area contributed by atoms with Crippen molar-refractivity contribution in [3.63, 3.8) is 0 Å². The molecule has 6 bridgehead atoms. The summed E-state index contributed by atoms with van der Waals surface area (Å²) < 4.78 is 51.2. The minimum atomic E-state index is -1.34. The highest BCUT2D eigenvalue weighted by Gasteiger charge is 2.38. The molecule has 3 unspecified atom stereocenters. The molecule has 0 spiro atoms. The lowest BCUT2D eigenvalue weighted by atomic mass is 9.91. The molecule has 4 aromatic rings. The van der Waals surface area contributed by atoms with E-state index in [-0.39, 0.29) is 23.0 Å². The molecule has 51 heavy (non-hydrogen) atoms. The molecular weight excluding hydrogens is 656 g/mol. The minimum Gasteiger partial charge on any atom is -0.490 e. The maximum absolute atomic E-state index is 15.6. The second-order valence-corrected chi connectivity index (χ2v) is 15.2. The van der Waals surface area contributed by atoms with Gasteiger partial charge in [0.25, 0.3) is 0 Å². The molecule has 0 amide bonds. The van der Waals surface area contributed by atoms with E-state index in [1.165, 1.54) is 6.07 Å². The lowest BCUT2D eigenvalue weighted by molar-refractivity contribution is -0.160. The van der Waals surface area contributed by atoms with Gasteiger partial charge in [0.15, 0.2) is 17.7 Å². The van der Waals surface area contributed by atoms with E-state index in [1.54, 1.807) is 25.1 Å². The number of aromatic nitrogens is 2. The average Bonchev–Trinajstić information content (AvgIpc) is 3.49. The zero-order valence-corrected chi connectivity index (χ0v) is 30.6. The highest BCUT2D eigenvalue weighted by molar-refractivity contribution is 5.82. The summed E-state index contributed by atoms with van der Waals surface area (Å²) in [5.41, 5.74) is 2.37. The zero-order chi connectivity index (χ0) is 36.8. The molecule has 0 aliphatic carbocycles. The van der Waals surface area contributed by atoms with E-state index in [0.29, 0.717) is 83.9 Å². The van der Waals surface area contributed by atoms with Crippen LogP contribution in [0.1, 0.15) is 103 Å². The predicted molar refractivity (Wildman–Crippen MR) is 192 cm³/mol. The van der Waals surface area contributed by atoms with Gasteiger partial charge in [-0.3, -0.25) is 4.40 Å². The summed E-state index contributed by atoms with van der Waals surface area (Å²) in [6.45, 7) is 14.7. The van der Waals surface area contributed by atoms with E-state index in [2.05, 4.69) is 11.8 Å². The van der Waals surface area contributed by atoms with Crippen LogP contribution in [-0.4, -0.2) is 62.6 Å². The molecule has 3 aliphatic heterocycles. The molecule has 1 saturated heterocycles. The Labute approximate surface area is 298 Å². The van der Waals surface area contributed by atoms with Gasteiger partial charge in [0.05, 0.1) is 34.7 Å². The summed E-state index contributed by atoms with van der Waals surface area (Å²) in [7, 11) is 0. The van der Waals surface area contributed by atoms with Gasteiger partial charge >= 0.3 is 5.97 Å². The number of benzene rings is 2. The second kappa shape index (κ2) is 14.2. The summed E-state index contributed by atoms with van der Waals surface area (Å²) in [5, 5.41) is 21.9. The SMILES string of the molecule is Cc1c(C(OC(C)(C)C)C(=O)O)c2n3cc(nc3c1C(C)O)-c1cccc(c1)-c1c(ccc(F)c1F)OC(C)CCCCOC1(C)CCN2CC1. The first-order valence-electron chi connectivity index (χ1n) is 17.9. The van der Waals surface area contributed by atoms with Crippen LogP contribution in [0.4, 0.5) is 14.6 Å². The fourth-order valence-electron chi connectivity index (χ4n) is 7.40. The van der Waals surface area contributed by atoms with Crippen LogP contribution in [0.3, 0.4) is 0 Å². The van der Waals surface area contributed by atoms with E-state index >= 15 is 4.39 Å². The number of aliphatic hydroxyl groups excluding tert-OH is 1. The first-order chi connectivity index (χ1) is 24.1. The summed E-state index contributed by atoms with van der Waals surface area (Å²) in [4.78, 5) is 20.2. The van der Waals surface area contributed by atoms with Crippen molar-refractivity contribution in [2.45, 2.75) is 110 Å². The summed E-state index contributed by atoms with van der Waals surface area (Å²) in [5.74, 6) is -2.26. The molecule has 1 fully saturated rings. The number of rotatable bonds is 4. The fourth-order valence-corrected chi connectivity index (χ4v) is 7.40. The molecule has 0 radical (unpaired) electrons. The Bertz CT molecular complexity index is 1930. The molecular formula is C40H49F2N3O6. The number of anilines is 1. The normalized spacial score (nSPS) is 21.3. The highest BCUT2D eigenvalue weighted by Crippen LogP contribution is 2.43. The molecule has 11 heteroatoms. The number of aliphatic carboxylic acids is 1. The molecule has 0 saturated carbocycles. The van der Waals surface area contributed by atoms with Gasteiger partial charge in [0.2, 0.25) is 0 Å². The van der Waals surface area contributed by atoms with E-state index in [1.807, 2.05) is 51.3 Å². The number of hydrogen-bond donors (Lipinski definition) is 2. The third-order valence-electron chi connectivity index (χ3n) is 10.0. The van der Waals surface area contributed by atoms with Crippen molar-refractivity contribution in [1.82, 2.24) is 9.38 Å². The number of carboxylic acid groups (broad SMARTS) is 1. The van der Waals surface area contributed by atoms with Crippen molar-refractivity contribution >= 4 is 17.4 Å². The fraction of sp³-hybridized carbons (Fsp3) is 0.500. The number of fused-ring (bicyclic) bond motifs is 8. The van der Waals surface area contributed by atoms with Gasteiger partial charge in [-0.15, -0.1) is 0 Å². The van der Waals surface area contributed by atoms with Crippen LogP contribution in [0.25, 0.3) is 28.0 Å². The molecule has 5 heterocycles. The van der Waals surface area contributed by atoms with Crippen molar-refractivity contribution in [2.24, 2.45) is 0 Å². The number of hydrogen-bond acceptors (Lipinski definition) is 7. The number of nitrogens with zero attached hydrogens (tertiary/aromatic N) is 3. The van der Waals surface area contributed by atoms with Gasteiger partial charge in [-0.2, -0.15) is 0 Å². The van der Waals surface area contributed by atoms with Crippen LogP contribution in [0.15, 0.2) is 42.6 Å². The van der Waals surface area contributed by atoms with Gasteiger partial charge in [-0.25, -0.2) is 18.6 Å². The van der Waals surface area contributed by atoms with Crippen LogP contribution >= 0.6 is 0 Å². The third-order valence-corrected chi connectivity index (χ3v) is 10.0. The first-order valence-corrected chi connectivity index (χ1v) is 17.9. The van der Waals surface area contributed by atoms with Crippen LogP contribution in [-0.2, 0) is 14.3 Å². The molecule has 3 aliphatic rings. The lowest BCUT2D eigenvalue weighted by Gasteiger charge is -2.42. The highest BCUT2D eigenvalue weighted by atomic mass is 19.2. The van der Waals surface area contributed by atoms with Crippen LogP contribution in [0.2, 0.25) is 0 Å². The third kappa shape index (κ3) is 7.47. The molecule has 3 atom stereocenters. The first kappa shape index (κ1) is 36.7. The standard InChI is InChI=1S/C40H49F2N3O6/c1-23-11-8-9-20-49-40(7)16-18-44(19-17-40)37-32(35(38(47)48)51-39(4,5)6)24(2)31(25(3)46)36-43-29(22-45(36)37)26-12-10-13-27(21-26)33-30(50-23)15-14-28(41)34(33)42/h10,12-15,21-23,25,35,46H,8-9,11,16-20H2,1-7H3,(H,47,48). The van der Waals surface area contributed by atoms with Gasteiger partial charge in [0.1, 0.15) is 17.2 Å². The zero-order valence-electron chi connectivity index (χ0n) is 30.6. The number of carboxylic acids is 1. The average molecular weight is 706 g/mol. The second-order valence-electron chi connectivity index (χ2n) is 15.2. The van der Waals surface area contributed by atoms with Crippen molar-refractivity contribution in [3.8, 4) is 28.1 Å². The van der Waals surface area contributed by atoms with Gasteiger partial charge < -0.3 is 29.3 Å². The van der Waals surface area contributed by atoms with Gasteiger partial charge in [-0.05, 0) is 110 Å². The molecule has 2 N–H and O–H groups in total. The summed E-state index contributed by atoms with van der Waals surface area (Å²) >= 11 is 0. The number of ether oxygens (including phenoxy) is 3. The number of halogens is 2. The van der Waals surface area contributed by atoms with Gasteiger partial charge in [-0.1, -0.05) is 18.2 Å². The van der Waals surface area contributed by atoms with Crippen LogP contribution < -0.4 is 9.64 Å². The quantitative estimate of drug-likeness (QED) is 0.218. The maximum Gasteiger partial charge on any atom is 0.337 e. The topological polar surface area (TPSA) is 106 Å². The largest absolute Gasteiger partial charge is 0.490 e. The van der Waals surface area contributed by atoms with E-state index in [0.717, 1.165) is 18.9 Å². The number of aliphatic hydroxyl groups is 1. The van der Waals surface area contributed by atoms with Crippen molar-refractivity contribution < 1.29 is 38.0 Å². The summed E-state index contributed by atoms with van der Waals surface area (Å²) in [6, 6.07) is 9.59. The van der Waals surface area contributed by atoms with Crippen LogP contribution in [0, 0.1) is 18.6 Å². The van der Waals surface area contributed by atoms with Crippen LogP contribution in [0.5, 0.6) is 5.75 Å². The molecule has 2 aromatic heterocycles. The number of imidazole rings is 1. The Kier molecular flexibility index (Phi) is 10.2. The predicted octanol–water partition coefficient (Wildman–Crippen LogP) is 8.58. The maximum atomic E-state index is 15.6. The Morgan fingerprint density at radius 3 is 2.47 bits per heavy atom.